The summed E-state index contributed by atoms with van der Waals surface area (Å²) in [5, 5.41) is 10.6. The third-order valence-corrected chi connectivity index (χ3v) is 2.89. The van der Waals surface area contributed by atoms with E-state index in [1.54, 1.807) is 19.2 Å². The molecule has 4 nitrogen and oxygen atoms in total. The van der Waals surface area contributed by atoms with Gasteiger partial charge in [0.15, 0.2) is 11.5 Å². The second-order valence-electron chi connectivity index (χ2n) is 4.20. The van der Waals surface area contributed by atoms with Crippen molar-refractivity contribution < 1.29 is 14.6 Å². The Morgan fingerprint density at radius 1 is 1.33 bits per heavy atom. The van der Waals surface area contributed by atoms with Crippen LogP contribution in [0.25, 0.3) is 0 Å². The smallest absolute Gasteiger partial charge is 0.162 e. The molecule has 1 aromatic rings. The maximum Gasteiger partial charge on any atom is 0.162 e. The van der Waals surface area contributed by atoms with Gasteiger partial charge in [-0.2, -0.15) is 0 Å². The van der Waals surface area contributed by atoms with Crippen molar-refractivity contribution in [3.05, 3.63) is 22.7 Å². The molecule has 0 aromatic heterocycles. The van der Waals surface area contributed by atoms with E-state index < -0.39 is 0 Å². The highest BCUT2D eigenvalue weighted by molar-refractivity contribution is 6.30. The number of phenols is 1. The van der Waals surface area contributed by atoms with Crippen molar-refractivity contribution in [2.45, 2.75) is 13.0 Å². The third kappa shape index (κ3) is 4.37. The van der Waals surface area contributed by atoms with Gasteiger partial charge in [-0.3, -0.25) is 0 Å². The Labute approximate surface area is 113 Å². The molecule has 102 valence electrons. The van der Waals surface area contributed by atoms with Gasteiger partial charge in [0, 0.05) is 43.5 Å². The molecule has 0 saturated heterocycles. The van der Waals surface area contributed by atoms with Crippen molar-refractivity contribution in [1.82, 2.24) is 4.90 Å². The van der Waals surface area contributed by atoms with Crippen LogP contribution in [0.4, 0.5) is 0 Å². The summed E-state index contributed by atoms with van der Waals surface area (Å²) in [6.45, 7) is 2.24. The van der Waals surface area contributed by atoms with Gasteiger partial charge in [0.05, 0.1) is 7.11 Å². The van der Waals surface area contributed by atoms with E-state index in [1.807, 2.05) is 7.05 Å². The maximum absolute atomic E-state index is 10.00. The Morgan fingerprint density at radius 2 is 2.06 bits per heavy atom. The highest BCUT2D eigenvalue weighted by Gasteiger charge is 2.11. The van der Waals surface area contributed by atoms with E-state index in [-0.39, 0.29) is 5.75 Å². The highest BCUT2D eigenvalue weighted by atomic mass is 35.5. The minimum atomic E-state index is 0.153. The van der Waals surface area contributed by atoms with Gasteiger partial charge in [0.1, 0.15) is 0 Å². The molecule has 1 aromatic carbocycles. The summed E-state index contributed by atoms with van der Waals surface area (Å²) < 4.78 is 10.1. The molecule has 0 radical (unpaired) electrons. The van der Waals surface area contributed by atoms with Gasteiger partial charge in [0.25, 0.3) is 0 Å². The van der Waals surface area contributed by atoms with Crippen LogP contribution in [0.2, 0.25) is 5.02 Å². The van der Waals surface area contributed by atoms with Crippen LogP contribution < -0.4 is 4.74 Å². The minimum absolute atomic E-state index is 0.153. The van der Waals surface area contributed by atoms with E-state index >= 15 is 0 Å². The molecule has 0 amide bonds. The lowest BCUT2D eigenvalue weighted by Crippen LogP contribution is -2.20. The molecule has 0 aliphatic rings. The number of nitrogens with zero attached hydrogens (tertiary/aromatic N) is 1. The fourth-order valence-corrected chi connectivity index (χ4v) is 1.98. The summed E-state index contributed by atoms with van der Waals surface area (Å²) in [6.07, 6.45) is 0.950. The molecule has 0 saturated carbocycles. The third-order valence-electron chi connectivity index (χ3n) is 2.67. The summed E-state index contributed by atoms with van der Waals surface area (Å²) in [6, 6.07) is 3.36. The van der Waals surface area contributed by atoms with Gasteiger partial charge in [-0.15, -0.1) is 0 Å². The van der Waals surface area contributed by atoms with Crippen LogP contribution in [0, 0.1) is 0 Å². The summed E-state index contributed by atoms with van der Waals surface area (Å²) in [5.41, 5.74) is 0.763. The SMILES string of the molecule is COCCCN(C)Cc1cc(Cl)cc(OC)c1O. The number of methoxy groups -OCH3 is 2. The normalized spacial score (nSPS) is 10.9. The van der Waals surface area contributed by atoms with Gasteiger partial charge in [0.2, 0.25) is 0 Å². The molecule has 0 aliphatic heterocycles. The molecule has 1 N–H and O–H groups in total. The lowest BCUT2D eigenvalue weighted by Gasteiger charge is -2.18. The minimum Gasteiger partial charge on any atom is -0.504 e. The Hall–Kier alpha value is -0.970. The first-order valence-corrected chi connectivity index (χ1v) is 6.19. The molecular formula is C13H20ClNO3. The molecule has 0 spiro atoms. The molecule has 5 heteroatoms. The summed E-state index contributed by atoms with van der Waals surface area (Å²) in [7, 11) is 5.19. The molecule has 0 fully saturated rings. The summed E-state index contributed by atoms with van der Waals surface area (Å²) >= 11 is 5.98. The van der Waals surface area contributed by atoms with Crippen LogP contribution in [0.5, 0.6) is 11.5 Å². The number of halogens is 1. The number of benzene rings is 1. The predicted octanol–water partition coefficient (Wildman–Crippen LogP) is 2.52. The zero-order valence-corrected chi connectivity index (χ0v) is 11.8. The quantitative estimate of drug-likeness (QED) is 0.775. The van der Waals surface area contributed by atoms with Crippen molar-refractivity contribution in [1.29, 1.82) is 0 Å². The van der Waals surface area contributed by atoms with E-state index in [4.69, 9.17) is 21.1 Å². The van der Waals surface area contributed by atoms with E-state index in [0.717, 1.165) is 25.1 Å². The second kappa shape index (κ2) is 7.46. The number of hydrogen-bond donors (Lipinski definition) is 1. The fraction of sp³-hybridized carbons (Fsp3) is 0.538. The number of hydrogen-bond acceptors (Lipinski definition) is 4. The summed E-state index contributed by atoms with van der Waals surface area (Å²) in [4.78, 5) is 2.10. The highest BCUT2D eigenvalue weighted by Crippen LogP contribution is 2.33. The summed E-state index contributed by atoms with van der Waals surface area (Å²) in [5.74, 6) is 0.559. The number of ether oxygens (including phenoxy) is 2. The number of rotatable bonds is 7. The molecule has 0 unspecified atom stereocenters. The van der Waals surface area contributed by atoms with Gasteiger partial charge in [-0.25, -0.2) is 0 Å². The molecule has 1 rings (SSSR count). The Bertz CT molecular complexity index is 385. The van der Waals surface area contributed by atoms with Gasteiger partial charge in [-0.05, 0) is 19.5 Å². The van der Waals surface area contributed by atoms with Gasteiger partial charge < -0.3 is 19.5 Å². The van der Waals surface area contributed by atoms with Crippen LogP contribution in [0.15, 0.2) is 12.1 Å². The molecular weight excluding hydrogens is 254 g/mol. The van der Waals surface area contributed by atoms with E-state index in [9.17, 15) is 5.11 Å². The molecule has 0 heterocycles. The van der Waals surface area contributed by atoms with Crippen LogP contribution in [-0.4, -0.2) is 44.4 Å². The van der Waals surface area contributed by atoms with Crippen molar-refractivity contribution in [3.63, 3.8) is 0 Å². The Morgan fingerprint density at radius 3 is 2.67 bits per heavy atom. The topological polar surface area (TPSA) is 41.9 Å². The fourth-order valence-electron chi connectivity index (χ4n) is 1.75. The Kier molecular flexibility index (Phi) is 6.25. The van der Waals surface area contributed by atoms with Crippen molar-refractivity contribution in [2.24, 2.45) is 0 Å². The van der Waals surface area contributed by atoms with Crippen LogP contribution >= 0.6 is 11.6 Å². The predicted molar refractivity (Wildman–Crippen MR) is 72.5 cm³/mol. The number of phenolic OH excluding ortho intramolecular Hbond substituents is 1. The molecule has 18 heavy (non-hydrogen) atoms. The lowest BCUT2D eigenvalue weighted by atomic mass is 10.1. The van der Waals surface area contributed by atoms with Crippen LogP contribution in [0.1, 0.15) is 12.0 Å². The van der Waals surface area contributed by atoms with Crippen LogP contribution in [-0.2, 0) is 11.3 Å². The average Bonchev–Trinajstić information content (AvgIpc) is 2.33. The Balaban J connectivity index is 2.68. The van der Waals surface area contributed by atoms with E-state index in [2.05, 4.69) is 4.90 Å². The average molecular weight is 274 g/mol. The van der Waals surface area contributed by atoms with Crippen molar-refractivity contribution >= 4 is 11.6 Å². The number of aromatic hydroxyl groups is 1. The molecule has 0 aliphatic carbocycles. The second-order valence-corrected chi connectivity index (χ2v) is 4.64. The van der Waals surface area contributed by atoms with Gasteiger partial charge >= 0.3 is 0 Å². The van der Waals surface area contributed by atoms with E-state index in [1.165, 1.54) is 7.11 Å². The largest absolute Gasteiger partial charge is 0.504 e. The first kappa shape index (κ1) is 15.1. The zero-order valence-electron chi connectivity index (χ0n) is 11.1. The molecule has 0 atom stereocenters. The lowest BCUT2D eigenvalue weighted by molar-refractivity contribution is 0.177. The maximum atomic E-state index is 10.00. The van der Waals surface area contributed by atoms with Crippen LogP contribution in [0.3, 0.4) is 0 Å². The zero-order chi connectivity index (χ0) is 13.5. The monoisotopic (exact) mass is 273 g/mol. The standard InChI is InChI=1S/C13H20ClNO3/c1-15(5-4-6-17-2)9-10-7-11(14)8-12(18-3)13(10)16/h7-8,16H,4-6,9H2,1-3H3. The first-order chi connectivity index (χ1) is 8.58. The van der Waals surface area contributed by atoms with Crippen molar-refractivity contribution in [2.75, 3.05) is 34.4 Å². The van der Waals surface area contributed by atoms with Crippen molar-refractivity contribution in [3.8, 4) is 11.5 Å². The molecule has 0 bridgehead atoms. The van der Waals surface area contributed by atoms with Gasteiger partial charge in [-0.1, -0.05) is 11.6 Å². The first-order valence-electron chi connectivity index (χ1n) is 5.81. The van der Waals surface area contributed by atoms with E-state index in [0.29, 0.717) is 17.3 Å².